The van der Waals surface area contributed by atoms with Crippen LogP contribution in [-0.4, -0.2) is 12.1 Å². The minimum absolute atomic E-state index is 0.361. The van der Waals surface area contributed by atoms with E-state index in [1.54, 1.807) is 0 Å². The van der Waals surface area contributed by atoms with Crippen LogP contribution >= 0.6 is 37.7 Å². The maximum absolute atomic E-state index is 6.09. The van der Waals surface area contributed by atoms with E-state index in [1.165, 1.54) is 38.5 Å². The average molecular weight is 491 g/mol. The van der Waals surface area contributed by atoms with Crippen molar-refractivity contribution in [2.24, 2.45) is 16.9 Å². The van der Waals surface area contributed by atoms with Gasteiger partial charge in [-0.3, -0.25) is 0 Å². The zero-order chi connectivity index (χ0) is 12.4. The predicted molar refractivity (Wildman–Crippen MR) is 69.5 cm³/mol. The molecule has 2 saturated carbocycles. The van der Waals surface area contributed by atoms with Crippen LogP contribution in [-0.2, 0) is 11.9 Å². The van der Waals surface area contributed by atoms with Crippen LogP contribution in [0.15, 0.2) is 0 Å². The maximum atomic E-state index is 6.09. The second-order valence-corrected chi connectivity index (χ2v) is 24.2. The molecule has 0 heterocycles. The monoisotopic (exact) mass is 489 g/mol. The third-order valence-corrected chi connectivity index (χ3v) is 3.79. The Balaban J connectivity index is 0.000000221. The Morgan fingerprint density at radius 1 is 0.875 bits per heavy atom. The van der Waals surface area contributed by atoms with Crippen molar-refractivity contribution in [3.8, 4) is 0 Å². The van der Waals surface area contributed by atoms with E-state index < -0.39 is 11.9 Å². The molecule has 0 unspecified atom stereocenters. The summed E-state index contributed by atoms with van der Waals surface area (Å²) in [5.41, 5.74) is 12.5. The van der Waals surface area contributed by atoms with Crippen LogP contribution in [0.3, 0.4) is 0 Å². The van der Waals surface area contributed by atoms with Gasteiger partial charge >= 0.3 is 49.6 Å². The Morgan fingerprint density at radius 3 is 1.38 bits per heavy atom. The number of rotatable bonds is 0. The molecule has 2 rings (SSSR count). The quantitative estimate of drug-likeness (QED) is 0.543. The Morgan fingerprint density at radius 2 is 1.19 bits per heavy atom. The fraction of sp³-hybridized carbons (Fsp3) is 1.00. The van der Waals surface area contributed by atoms with Gasteiger partial charge in [0.25, 0.3) is 0 Å². The van der Waals surface area contributed by atoms with E-state index >= 15 is 0 Å². The van der Waals surface area contributed by atoms with Crippen molar-refractivity contribution in [2.75, 3.05) is 0 Å². The summed E-state index contributed by atoms with van der Waals surface area (Å²) in [6, 6.07) is 0.806. The van der Waals surface area contributed by atoms with Crippen LogP contribution in [0.4, 0.5) is 0 Å². The molecule has 2 aliphatic carbocycles. The summed E-state index contributed by atoms with van der Waals surface area (Å²) >= 11 is -3.06. The number of hydrogen-bond donors (Lipinski definition) is 2. The molecule has 102 valence electrons. The Bertz CT molecular complexity index is 210. The molecule has 0 aromatic heterocycles. The third kappa shape index (κ3) is 4.46. The molecule has 16 heavy (non-hydrogen) atoms. The third-order valence-electron chi connectivity index (χ3n) is 3.79. The first-order valence-electron chi connectivity index (χ1n) is 5.25. The van der Waals surface area contributed by atoms with Crippen LogP contribution in [0.5, 0.6) is 0 Å². The fourth-order valence-electron chi connectivity index (χ4n) is 3.02. The van der Waals surface area contributed by atoms with Crippen molar-refractivity contribution in [3.63, 3.8) is 0 Å². The average Bonchev–Trinajstić information content (AvgIpc) is 2.61. The van der Waals surface area contributed by atoms with Gasteiger partial charge in [0.2, 0.25) is 0 Å². The van der Waals surface area contributed by atoms with E-state index in [0.717, 1.165) is 0 Å². The summed E-state index contributed by atoms with van der Waals surface area (Å²) in [6.07, 6.45) is 7.58. The predicted octanol–water partition coefficient (Wildman–Crippen LogP) is 3.75. The molecule has 1 spiro atoms. The van der Waals surface area contributed by atoms with Gasteiger partial charge in [-0.05, 0) is 25.7 Å². The van der Waals surface area contributed by atoms with Gasteiger partial charge < -0.3 is 11.5 Å². The van der Waals surface area contributed by atoms with Gasteiger partial charge in [0.1, 0.15) is 0 Å². The van der Waals surface area contributed by atoms with E-state index in [-0.39, 0.29) is 0 Å². The molecule has 4 N–H and O–H groups in total. The zero-order valence-electron chi connectivity index (χ0n) is 8.88. The summed E-state index contributed by atoms with van der Waals surface area (Å²) in [5.74, 6) is 0. The molecule has 0 saturated heterocycles. The molecule has 7 heteroatoms. The van der Waals surface area contributed by atoms with Crippen LogP contribution in [0.25, 0.3) is 0 Å². The Hall–Kier alpha value is 1.77. The van der Waals surface area contributed by atoms with Crippen molar-refractivity contribution in [2.45, 2.75) is 50.6 Å². The second-order valence-electron chi connectivity index (χ2n) is 4.50. The summed E-state index contributed by atoms with van der Waals surface area (Å²) in [4.78, 5) is 0. The first kappa shape index (κ1) is 15.8. The molecule has 2 atom stereocenters. The van der Waals surface area contributed by atoms with E-state index in [0.29, 0.717) is 17.5 Å². The van der Waals surface area contributed by atoms with E-state index in [9.17, 15) is 0 Å². The molecular formula is C9H18Cl4N2Pt. The standard InChI is InChI=1S/C9H18N2.4ClH.Pt/c10-7-3-1-5-9(7)6-2-4-8(9)11;;;;;/h7-8H,1-6,10-11H2;4*1H;/q;;;;;+4/p-4/t7-,8-,9?;;;;;/m0...../s1. The molecule has 0 radical (unpaired) electrons. The normalized spacial score (nSPS) is 33.6. The molecule has 0 aliphatic heterocycles. The second kappa shape index (κ2) is 6.28. The molecule has 0 bridgehead atoms. The summed E-state index contributed by atoms with van der Waals surface area (Å²) in [7, 11) is 20.0. The Kier molecular flexibility index (Phi) is 6.21. The number of halogens is 4. The molecule has 0 aromatic carbocycles. The van der Waals surface area contributed by atoms with Crippen LogP contribution in [0.2, 0.25) is 0 Å². The van der Waals surface area contributed by atoms with Crippen molar-refractivity contribution < 1.29 is 11.9 Å². The molecule has 2 fully saturated rings. The first-order valence-corrected chi connectivity index (χ1v) is 16.5. The van der Waals surface area contributed by atoms with E-state index in [2.05, 4.69) is 0 Å². The molecule has 0 amide bonds. The summed E-state index contributed by atoms with van der Waals surface area (Å²) < 4.78 is 0. The molecular weight excluding hydrogens is 473 g/mol. The summed E-state index contributed by atoms with van der Waals surface area (Å²) in [5, 5.41) is 0. The molecule has 2 aliphatic rings. The fourth-order valence-corrected chi connectivity index (χ4v) is 3.02. The van der Waals surface area contributed by atoms with Crippen molar-refractivity contribution in [3.05, 3.63) is 0 Å². The number of nitrogens with two attached hydrogens (primary N) is 2. The SMILES string of the molecule is N[C@H]1CCCC12CCC[C@@H]2N.[Cl][Pt]([Cl])([Cl])[Cl]. The van der Waals surface area contributed by atoms with Crippen LogP contribution < -0.4 is 11.5 Å². The summed E-state index contributed by atoms with van der Waals surface area (Å²) in [6.45, 7) is 0. The van der Waals surface area contributed by atoms with Gasteiger partial charge in [-0.15, -0.1) is 0 Å². The van der Waals surface area contributed by atoms with Gasteiger partial charge in [0.15, 0.2) is 0 Å². The topological polar surface area (TPSA) is 52.0 Å². The van der Waals surface area contributed by atoms with Gasteiger partial charge in [0, 0.05) is 17.5 Å². The van der Waals surface area contributed by atoms with Crippen molar-refractivity contribution in [1.29, 1.82) is 0 Å². The van der Waals surface area contributed by atoms with Crippen LogP contribution in [0.1, 0.15) is 38.5 Å². The van der Waals surface area contributed by atoms with Crippen LogP contribution in [0, 0.1) is 5.41 Å². The van der Waals surface area contributed by atoms with Crippen molar-refractivity contribution >= 4 is 37.7 Å². The van der Waals surface area contributed by atoms with Gasteiger partial charge in [0.05, 0.1) is 0 Å². The molecule has 2 nitrogen and oxygen atoms in total. The first-order chi connectivity index (χ1) is 7.26. The molecule has 0 aromatic rings. The van der Waals surface area contributed by atoms with Gasteiger partial charge in [-0.2, -0.15) is 0 Å². The Labute approximate surface area is 116 Å². The number of hydrogen-bond acceptors (Lipinski definition) is 2. The minimum atomic E-state index is -3.06. The van der Waals surface area contributed by atoms with Crippen molar-refractivity contribution in [1.82, 2.24) is 0 Å². The zero-order valence-corrected chi connectivity index (χ0v) is 14.2. The van der Waals surface area contributed by atoms with Gasteiger partial charge in [-0.25, -0.2) is 0 Å². The van der Waals surface area contributed by atoms with E-state index in [1.807, 2.05) is 0 Å². The van der Waals surface area contributed by atoms with E-state index in [4.69, 9.17) is 49.1 Å². The van der Waals surface area contributed by atoms with Gasteiger partial charge in [-0.1, -0.05) is 12.8 Å².